The van der Waals surface area contributed by atoms with E-state index in [4.69, 9.17) is 10.5 Å². The molecule has 3 aliphatic rings. The van der Waals surface area contributed by atoms with Crippen molar-refractivity contribution in [3.8, 4) is 0 Å². The number of benzene rings is 1. The van der Waals surface area contributed by atoms with Gasteiger partial charge < -0.3 is 31.3 Å². The van der Waals surface area contributed by atoms with Crippen LogP contribution in [0.4, 0.5) is 4.79 Å². The maximum atomic E-state index is 14.0. The second-order valence-corrected chi connectivity index (χ2v) is 12.3. The van der Waals surface area contributed by atoms with Gasteiger partial charge in [-0.3, -0.25) is 24.0 Å². The summed E-state index contributed by atoms with van der Waals surface area (Å²) in [7, 11) is 0. The summed E-state index contributed by atoms with van der Waals surface area (Å²) < 4.78 is 5.42. The van der Waals surface area contributed by atoms with Crippen molar-refractivity contribution in [2.45, 2.75) is 102 Å². The molecular formula is C32H45N5O7. The van der Waals surface area contributed by atoms with Crippen molar-refractivity contribution in [1.82, 2.24) is 20.9 Å². The lowest BCUT2D eigenvalue weighted by molar-refractivity contribution is -0.147. The second-order valence-electron chi connectivity index (χ2n) is 12.3. The zero-order valence-corrected chi connectivity index (χ0v) is 25.4. The minimum atomic E-state index is -1.10. The van der Waals surface area contributed by atoms with E-state index < -0.39 is 53.8 Å². The van der Waals surface area contributed by atoms with Crippen LogP contribution < -0.4 is 21.7 Å². The van der Waals surface area contributed by atoms with Crippen molar-refractivity contribution >= 4 is 35.5 Å². The monoisotopic (exact) mass is 611 g/mol. The van der Waals surface area contributed by atoms with Crippen LogP contribution in [0.3, 0.4) is 0 Å². The fraction of sp³-hybridized carbons (Fsp3) is 0.625. The molecule has 44 heavy (non-hydrogen) atoms. The van der Waals surface area contributed by atoms with Gasteiger partial charge in [0.05, 0.1) is 6.04 Å². The summed E-state index contributed by atoms with van der Waals surface area (Å²) in [6, 6.07) is 5.81. The van der Waals surface area contributed by atoms with E-state index in [0.717, 1.165) is 56.9 Å². The zero-order chi connectivity index (χ0) is 31.6. The summed E-state index contributed by atoms with van der Waals surface area (Å²) in [6.07, 6.45) is 8.08. The zero-order valence-electron chi connectivity index (χ0n) is 25.4. The third-order valence-electron chi connectivity index (χ3n) is 9.15. The van der Waals surface area contributed by atoms with Gasteiger partial charge in [-0.2, -0.15) is 0 Å². The molecule has 5 N–H and O–H groups in total. The molecule has 4 atom stereocenters. The lowest BCUT2D eigenvalue weighted by atomic mass is 9.80. The number of urea groups is 1. The first-order valence-corrected chi connectivity index (χ1v) is 15.9. The normalized spacial score (nSPS) is 20.8. The highest BCUT2D eigenvalue weighted by Gasteiger charge is 2.42. The van der Waals surface area contributed by atoms with E-state index in [1.54, 1.807) is 6.92 Å². The number of carbonyl (C=O) groups is 6. The molecule has 1 saturated heterocycles. The van der Waals surface area contributed by atoms with Gasteiger partial charge in [0.2, 0.25) is 17.6 Å². The molecule has 240 valence electrons. The Bertz CT molecular complexity index is 1200. The third-order valence-corrected chi connectivity index (χ3v) is 9.15. The summed E-state index contributed by atoms with van der Waals surface area (Å²) in [5.74, 6) is -3.31. The fourth-order valence-electron chi connectivity index (χ4n) is 6.44. The Morgan fingerprint density at radius 2 is 1.61 bits per heavy atom. The summed E-state index contributed by atoms with van der Waals surface area (Å²) >= 11 is 0. The van der Waals surface area contributed by atoms with E-state index in [0.29, 0.717) is 25.8 Å². The van der Waals surface area contributed by atoms with E-state index in [-0.39, 0.29) is 24.3 Å². The summed E-state index contributed by atoms with van der Waals surface area (Å²) in [5, 5.41) is 8.00. The number of hydrogen-bond acceptors (Lipinski definition) is 7. The Balaban J connectivity index is 1.38. The predicted octanol–water partition coefficient (Wildman–Crippen LogP) is 2.26. The molecule has 2 saturated carbocycles. The van der Waals surface area contributed by atoms with Crippen molar-refractivity contribution in [3.05, 3.63) is 35.9 Å². The number of ether oxygens (including phenoxy) is 1. The van der Waals surface area contributed by atoms with Gasteiger partial charge in [-0.1, -0.05) is 68.9 Å². The molecule has 12 heteroatoms. The number of nitrogens with one attached hydrogen (secondary N) is 3. The number of carbonyl (C=O) groups excluding carboxylic acids is 6. The van der Waals surface area contributed by atoms with Gasteiger partial charge in [0.25, 0.3) is 5.91 Å². The molecule has 5 amide bonds. The Kier molecular flexibility index (Phi) is 11.7. The smallest absolute Gasteiger partial charge is 0.326 e. The van der Waals surface area contributed by atoms with Gasteiger partial charge in [0.15, 0.2) is 0 Å². The lowest BCUT2D eigenvalue weighted by Gasteiger charge is -2.35. The minimum absolute atomic E-state index is 0.126. The van der Waals surface area contributed by atoms with Gasteiger partial charge >= 0.3 is 12.0 Å². The van der Waals surface area contributed by atoms with E-state index >= 15 is 0 Å². The molecule has 3 fully saturated rings. The number of rotatable bonds is 13. The molecule has 1 aliphatic heterocycles. The average molecular weight is 612 g/mol. The Morgan fingerprint density at radius 1 is 0.909 bits per heavy atom. The van der Waals surface area contributed by atoms with Crippen LogP contribution in [0.5, 0.6) is 0 Å². The summed E-state index contributed by atoms with van der Waals surface area (Å²) in [4.78, 5) is 78.4. The first kappa shape index (κ1) is 32.9. The molecule has 1 heterocycles. The van der Waals surface area contributed by atoms with E-state index in [2.05, 4.69) is 16.0 Å². The van der Waals surface area contributed by atoms with Crippen molar-refractivity contribution in [2.24, 2.45) is 17.6 Å². The molecular weight excluding hydrogens is 566 g/mol. The number of esters is 1. The van der Waals surface area contributed by atoms with Crippen LogP contribution in [0.2, 0.25) is 0 Å². The predicted molar refractivity (Wildman–Crippen MR) is 161 cm³/mol. The first-order valence-electron chi connectivity index (χ1n) is 15.9. The fourth-order valence-corrected chi connectivity index (χ4v) is 6.44. The lowest BCUT2D eigenvalue weighted by Crippen LogP contribution is -2.59. The van der Waals surface area contributed by atoms with Crippen LogP contribution >= 0.6 is 0 Å². The van der Waals surface area contributed by atoms with E-state index in [9.17, 15) is 28.8 Å². The molecule has 4 rings (SSSR count). The van der Waals surface area contributed by atoms with Crippen LogP contribution in [0.1, 0.15) is 89.2 Å². The van der Waals surface area contributed by atoms with Crippen LogP contribution in [-0.2, 0) is 28.7 Å². The topological polar surface area (TPSA) is 177 Å². The number of nitrogens with two attached hydrogens (primary N) is 1. The highest BCUT2D eigenvalue weighted by atomic mass is 16.5. The number of ketones is 1. The summed E-state index contributed by atoms with van der Waals surface area (Å²) in [6.45, 7) is 1.69. The number of likely N-dealkylation sites (tertiary alicyclic amines) is 1. The Morgan fingerprint density at radius 3 is 2.25 bits per heavy atom. The van der Waals surface area contributed by atoms with Crippen LogP contribution in [0.15, 0.2) is 30.3 Å². The Hall–Kier alpha value is -3.96. The Labute approximate surface area is 258 Å². The molecule has 0 radical (unpaired) electrons. The van der Waals surface area contributed by atoms with Gasteiger partial charge in [0.1, 0.15) is 24.7 Å². The summed E-state index contributed by atoms with van der Waals surface area (Å²) in [5.41, 5.74) is 6.08. The quantitative estimate of drug-likeness (QED) is 0.195. The largest absolute Gasteiger partial charge is 0.456 e. The second kappa shape index (κ2) is 15.7. The van der Waals surface area contributed by atoms with Crippen molar-refractivity contribution in [3.63, 3.8) is 0 Å². The van der Waals surface area contributed by atoms with Crippen molar-refractivity contribution in [2.75, 3.05) is 13.1 Å². The van der Waals surface area contributed by atoms with Crippen LogP contribution in [0, 0.1) is 11.8 Å². The number of primary amides is 1. The van der Waals surface area contributed by atoms with Gasteiger partial charge in [-0.15, -0.1) is 0 Å². The molecule has 0 spiro atoms. The standard InChI is InChI=1S/C32H45N5O7/c1-20(22-12-4-2-5-13-22)44-26(38)19-34-32(43)36-27(23-14-6-3-7-15-23)31(42)37-17-9-16-25(37)30(41)35-24(28(39)29(33)40)18-21-10-8-11-21/h2,4-5,12-13,20-21,23-25,27H,3,6-11,14-19H2,1H3,(H2,33,40)(H,35,41)(H2,34,36,43)/t20-,24?,25-,27-/m0/s1. The van der Waals surface area contributed by atoms with E-state index in [1.165, 1.54) is 4.90 Å². The highest BCUT2D eigenvalue weighted by molar-refractivity contribution is 6.37. The molecule has 2 aliphatic carbocycles. The maximum Gasteiger partial charge on any atom is 0.326 e. The highest BCUT2D eigenvalue weighted by Crippen LogP contribution is 2.32. The first-order chi connectivity index (χ1) is 21.1. The minimum Gasteiger partial charge on any atom is -0.456 e. The molecule has 0 bridgehead atoms. The molecule has 12 nitrogen and oxygen atoms in total. The van der Waals surface area contributed by atoms with Crippen LogP contribution in [0.25, 0.3) is 0 Å². The third kappa shape index (κ3) is 8.79. The molecule has 1 unspecified atom stereocenters. The number of Topliss-reactive ketones (excluding diaryl/α,β-unsaturated/α-hetero) is 1. The van der Waals surface area contributed by atoms with Crippen molar-refractivity contribution in [1.29, 1.82) is 0 Å². The van der Waals surface area contributed by atoms with Crippen molar-refractivity contribution < 1.29 is 33.5 Å². The molecule has 1 aromatic carbocycles. The molecule has 1 aromatic rings. The van der Waals surface area contributed by atoms with Gasteiger partial charge in [0, 0.05) is 6.54 Å². The van der Waals surface area contributed by atoms with Gasteiger partial charge in [-0.05, 0) is 56.4 Å². The SMILES string of the molecule is C[C@H](OC(=O)CNC(=O)N[C@H](C(=O)N1CCC[C@H]1C(=O)NC(CC1CCC1)C(=O)C(N)=O)C1CCCCC1)c1ccccc1. The number of nitrogens with zero attached hydrogens (tertiary/aromatic N) is 1. The number of hydrogen-bond donors (Lipinski definition) is 4. The molecule has 0 aromatic heterocycles. The maximum absolute atomic E-state index is 14.0. The average Bonchev–Trinajstić information content (AvgIpc) is 3.50. The van der Waals surface area contributed by atoms with E-state index in [1.807, 2.05) is 30.3 Å². The number of amides is 5. The van der Waals surface area contributed by atoms with Gasteiger partial charge in [-0.25, -0.2) is 4.79 Å². The van der Waals surface area contributed by atoms with Crippen LogP contribution in [-0.4, -0.2) is 71.6 Å².